The van der Waals surface area contributed by atoms with Crippen LogP contribution in [-0.4, -0.2) is 45.2 Å². The number of piperidine rings is 1. The summed E-state index contributed by atoms with van der Waals surface area (Å²) < 4.78 is 2.75. The number of likely N-dealkylation sites (tertiary alicyclic amines) is 1. The Hall–Kier alpha value is -1.14. The zero-order valence-electron chi connectivity index (χ0n) is 11.7. The van der Waals surface area contributed by atoms with E-state index >= 15 is 0 Å². The lowest BCUT2D eigenvalue weighted by molar-refractivity contribution is 0.223. The van der Waals surface area contributed by atoms with Crippen molar-refractivity contribution < 1.29 is 0 Å². The van der Waals surface area contributed by atoms with E-state index in [1.807, 2.05) is 18.3 Å². The molecule has 5 nitrogen and oxygen atoms in total. The van der Waals surface area contributed by atoms with Crippen molar-refractivity contribution in [1.29, 1.82) is 0 Å². The maximum Gasteiger partial charge on any atom is 0.243 e. The van der Waals surface area contributed by atoms with E-state index in [-0.39, 0.29) is 0 Å². The molecule has 2 aromatic heterocycles. The van der Waals surface area contributed by atoms with Gasteiger partial charge in [0.25, 0.3) is 0 Å². The predicted octanol–water partition coefficient (Wildman–Crippen LogP) is 2.78. The van der Waals surface area contributed by atoms with E-state index in [0.29, 0.717) is 12.0 Å². The number of anilines is 1. The summed E-state index contributed by atoms with van der Waals surface area (Å²) in [7, 11) is 0. The van der Waals surface area contributed by atoms with Crippen LogP contribution in [0, 0.1) is 0 Å². The number of rotatable bonds is 4. The molecule has 3 heterocycles. The number of pyridine rings is 1. The molecular formula is C14H20BrN5. The smallest absolute Gasteiger partial charge is 0.243 e. The van der Waals surface area contributed by atoms with E-state index in [1.54, 1.807) is 4.52 Å². The number of aromatic nitrogens is 3. The van der Waals surface area contributed by atoms with E-state index in [9.17, 15) is 0 Å². The van der Waals surface area contributed by atoms with Gasteiger partial charge >= 0.3 is 0 Å². The summed E-state index contributed by atoms with van der Waals surface area (Å²) in [6, 6.07) is 4.28. The largest absolute Gasteiger partial charge is 0.349 e. The van der Waals surface area contributed by atoms with Crippen LogP contribution in [0.15, 0.2) is 22.8 Å². The quantitative estimate of drug-likeness (QED) is 0.931. The topological polar surface area (TPSA) is 45.5 Å². The molecule has 1 fully saturated rings. The van der Waals surface area contributed by atoms with Crippen molar-refractivity contribution in [2.24, 2.45) is 0 Å². The van der Waals surface area contributed by atoms with Gasteiger partial charge in [-0.1, -0.05) is 6.42 Å². The lowest BCUT2D eigenvalue weighted by atomic mass is 10.1. The first-order valence-electron chi connectivity index (χ1n) is 7.22. The Labute approximate surface area is 127 Å². The Morgan fingerprint density at radius 1 is 1.35 bits per heavy atom. The van der Waals surface area contributed by atoms with Gasteiger partial charge in [0.05, 0.1) is 4.47 Å². The van der Waals surface area contributed by atoms with Gasteiger partial charge in [-0.15, -0.1) is 5.10 Å². The Balaban J connectivity index is 1.64. The van der Waals surface area contributed by atoms with Crippen LogP contribution in [0.2, 0.25) is 0 Å². The number of fused-ring (bicyclic) bond motifs is 1. The molecule has 0 amide bonds. The molecule has 1 atom stereocenters. The summed E-state index contributed by atoms with van der Waals surface area (Å²) in [6.45, 7) is 5.68. The van der Waals surface area contributed by atoms with E-state index < -0.39 is 0 Å². The highest BCUT2D eigenvalue weighted by Gasteiger charge is 2.15. The van der Waals surface area contributed by atoms with Crippen molar-refractivity contribution in [2.75, 3.05) is 25.0 Å². The molecule has 1 unspecified atom stereocenters. The van der Waals surface area contributed by atoms with E-state index in [1.165, 1.54) is 32.4 Å². The minimum Gasteiger partial charge on any atom is -0.349 e. The summed E-state index contributed by atoms with van der Waals surface area (Å²) in [5, 5.41) is 7.85. The number of hydrogen-bond donors (Lipinski definition) is 1. The fourth-order valence-corrected chi connectivity index (χ4v) is 3.15. The van der Waals surface area contributed by atoms with Gasteiger partial charge in [0.15, 0.2) is 5.65 Å². The van der Waals surface area contributed by atoms with Crippen LogP contribution in [-0.2, 0) is 0 Å². The third kappa shape index (κ3) is 3.12. The standard InChI is InChI=1S/C14H20BrN5/c1-11(10-19-7-3-2-4-8-19)16-14-17-13-12(15)6-5-9-20(13)18-14/h5-6,9,11H,2-4,7-8,10H2,1H3,(H,16,18). The second kappa shape index (κ2) is 6.10. The lowest BCUT2D eigenvalue weighted by Gasteiger charge is -2.29. The number of nitrogens with one attached hydrogen (secondary N) is 1. The van der Waals surface area contributed by atoms with Crippen LogP contribution in [0.25, 0.3) is 5.65 Å². The fraction of sp³-hybridized carbons (Fsp3) is 0.571. The van der Waals surface area contributed by atoms with Crippen LogP contribution in [0.1, 0.15) is 26.2 Å². The van der Waals surface area contributed by atoms with Crippen molar-refractivity contribution in [3.8, 4) is 0 Å². The first kappa shape index (κ1) is 13.8. The monoisotopic (exact) mass is 337 g/mol. The van der Waals surface area contributed by atoms with Crippen LogP contribution < -0.4 is 5.32 Å². The first-order valence-corrected chi connectivity index (χ1v) is 8.01. The minimum atomic E-state index is 0.351. The van der Waals surface area contributed by atoms with Gasteiger partial charge in [0.1, 0.15) is 0 Å². The first-order chi connectivity index (χ1) is 9.72. The van der Waals surface area contributed by atoms with Crippen molar-refractivity contribution in [3.63, 3.8) is 0 Å². The molecule has 6 heteroatoms. The molecule has 2 aromatic rings. The normalized spacial score (nSPS) is 18.3. The van der Waals surface area contributed by atoms with Crippen LogP contribution in [0.3, 0.4) is 0 Å². The maximum atomic E-state index is 4.52. The van der Waals surface area contributed by atoms with Crippen LogP contribution >= 0.6 is 15.9 Å². The Kier molecular flexibility index (Phi) is 4.21. The summed E-state index contributed by atoms with van der Waals surface area (Å²) in [5.41, 5.74) is 0.847. The van der Waals surface area contributed by atoms with Gasteiger partial charge in [-0.3, -0.25) is 0 Å². The third-order valence-electron chi connectivity index (χ3n) is 3.67. The molecule has 0 spiro atoms. The molecule has 1 saturated heterocycles. The van der Waals surface area contributed by atoms with Crippen molar-refractivity contribution in [3.05, 3.63) is 22.8 Å². The molecule has 0 saturated carbocycles. The number of hydrogen-bond acceptors (Lipinski definition) is 4. The van der Waals surface area contributed by atoms with Gasteiger partial charge in [-0.2, -0.15) is 4.98 Å². The van der Waals surface area contributed by atoms with Gasteiger partial charge in [-0.05, 0) is 60.9 Å². The van der Waals surface area contributed by atoms with Crippen molar-refractivity contribution in [2.45, 2.75) is 32.2 Å². The average molecular weight is 338 g/mol. The molecule has 0 aliphatic carbocycles. The van der Waals surface area contributed by atoms with Gasteiger partial charge in [-0.25, -0.2) is 4.52 Å². The molecular weight excluding hydrogens is 318 g/mol. The average Bonchev–Trinajstić information content (AvgIpc) is 2.83. The molecule has 1 aliphatic rings. The molecule has 20 heavy (non-hydrogen) atoms. The summed E-state index contributed by atoms with van der Waals surface area (Å²) >= 11 is 3.50. The van der Waals surface area contributed by atoms with E-state index in [0.717, 1.165) is 16.7 Å². The Morgan fingerprint density at radius 3 is 2.90 bits per heavy atom. The number of halogens is 1. The number of nitrogens with zero attached hydrogens (tertiary/aromatic N) is 4. The highest BCUT2D eigenvalue weighted by molar-refractivity contribution is 9.10. The molecule has 1 N–H and O–H groups in total. The SMILES string of the molecule is CC(CN1CCCCC1)Nc1nc2c(Br)cccn2n1. The van der Waals surface area contributed by atoms with Gasteiger partial charge < -0.3 is 10.2 Å². The zero-order chi connectivity index (χ0) is 13.9. The third-order valence-corrected chi connectivity index (χ3v) is 4.29. The highest BCUT2D eigenvalue weighted by atomic mass is 79.9. The Morgan fingerprint density at radius 2 is 2.15 bits per heavy atom. The predicted molar refractivity (Wildman–Crippen MR) is 84.1 cm³/mol. The second-order valence-electron chi connectivity index (χ2n) is 5.47. The van der Waals surface area contributed by atoms with E-state index in [2.05, 4.69) is 43.2 Å². The highest BCUT2D eigenvalue weighted by Crippen LogP contribution is 2.17. The summed E-state index contributed by atoms with van der Waals surface area (Å²) in [6.07, 6.45) is 5.94. The molecule has 3 rings (SSSR count). The Bertz CT molecular complexity index is 576. The minimum absolute atomic E-state index is 0.351. The molecule has 1 aliphatic heterocycles. The summed E-state index contributed by atoms with van der Waals surface area (Å²) in [4.78, 5) is 7.04. The molecule has 108 valence electrons. The lowest BCUT2D eigenvalue weighted by Crippen LogP contribution is -2.38. The fourth-order valence-electron chi connectivity index (χ4n) is 2.73. The second-order valence-corrected chi connectivity index (χ2v) is 6.32. The molecule has 0 aromatic carbocycles. The maximum absolute atomic E-state index is 4.52. The van der Waals surface area contributed by atoms with Crippen molar-refractivity contribution >= 4 is 27.5 Å². The summed E-state index contributed by atoms with van der Waals surface area (Å²) in [5.74, 6) is 0.696. The molecule has 0 radical (unpaired) electrons. The van der Waals surface area contributed by atoms with Gasteiger partial charge in [0.2, 0.25) is 5.95 Å². The van der Waals surface area contributed by atoms with Gasteiger partial charge in [0, 0.05) is 18.8 Å². The zero-order valence-corrected chi connectivity index (χ0v) is 13.3. The van der Waals surface area contributed by atoms with Crippen LogP contribution in [0.5, 0.6) is 0 Å². The van der Waals surface area contributed by atoms with Crippen LogP contribution in [0.4, 0.5) is 5.95 Å². The molecule has 0 bridgehead atoms. The van der Waals surface area contributed by atoms with E-state index in [4.69, 9.17) is 0 Å². The van der Waals surface area contributed by atoms with Crippen molar-refractivity contribution in [1.82, 2.24) is 19.5 Å².